The third-order valence-electron chi connectivity index (χ3n) is 3.51. The third kappa shape index (κ3) is 2.32. The fourth-order valence-electron chi connectivity index (χ4n) is 2.47. The Morgan fingerprint density at radius 1 is 1.45 bits per heavy atom. The van der Waals surface area contributed by atoms with Crippen LogP contribution in [0.2, 0.25) is 5.02 Å². The van der Waals surface area contributed by atoms with E-state index < -0.39 is 4.92 Å². The van der Waals surface area contributed by atoms with Gasteiger partial charge >= 0.3 is 5.69 Å². The summed E-state index contributed by atoms with van der Waals surface area (Å²) in [6, 6.07) is 9.54. The molecule has 0 bridgehead atoms. The minimum atomic E-state index is -0.476. The number of rotatable bonds is 4. The van der Waals surface area contributed by atoms with Crippen LogP contribution in [-0.2, 0) is 6.42 Å². The molecule has 20 heavy (non-hydrogen) atoms. The van der Waals surface area contributed by atoms with Crippen molar-refractivity contribution in [2.75, 3.05) is 11.9 Å². The first-order chi connectivity index (χ1) is 9.65. The van der Waals surface area contributed by atoms with Crippen LogP contribution in [0.25, 0.3) is 0 Å². The van der Waals surface area contributed by atoms with Crippen molar-refractivity contribution in [1.29, 1.82) is 0 Å². The topological polar surface area (TPSA) is 68.1 Å². The second kappa shape index (κ2) is 5.09. The first-order valence-electron chi connectivity index (χ1n) is 6.27. The van der Waals surface area contributed by atoms with Gasteiger partial charge in [0.2, 0.25) is 5.82 Å². The minimum Gasteiger partial charge on any atom is -0.364 e. The summed E-state index contributed by atoms with van der Waals surface area (Å²) in [5, 5.41) is 14.3. The SMILES string of the molecule is O=[N+]([O-])c1cc(Cl)cnc1NCC1Cc2ccccc21. The average molecular weight is 290 g/mol. The molecular weight excluding hydrogens is 278 g/mol. The van der Waals surface area contributed by atoms with Crippen LogP contribution in [0.5, 0.6) is 0 Å². The molecule has 0 radical (unpaired) electrons. The van der Waals surface area contributed by atoms with E-state index in [0.717, 1.165) is 6.42 Å². The molecule has 1 N–H and O–H groups in total. The number of fused-ring (bicyclic) bond motifs is 1. The van der Waals surface area contributed by atoms with Gasteiger partial charge in [0.05, 0.1) is 9.95 Å². The minimum absolute atomic E-state index is 0.0925. The van der Waals surface area contributed by atoms with E-state index in [1.165, 1.54) is 23.4 Å². The molecule has 102 valence electrons. The quantitative estimate of drug-likeness (QED) is 0.692. The summed E-state index contributed by atoms with van der Waals surface area (Å²) in [4.78, 5) is 14.5. The van der Waals surface area contributed by atoms with E-state index >= 15 is 0 Å². The number of nitro groups is 1. The summed E-state index contributed by atoms with van der Waals surface area (Å²) in [5.74, 6) is 0.645. The van der Waals surface area contributed by atoms with Crippen LogP contribution in [0.15, 0.2) is 36.5 Å². The zero-order valence-electron chi connectivity index (χ0n) is 10.5. The molecule has 5 nitrogen and oxygen atoms in total. The Labute approximate surface area is 120 Å². The largest absolute Gasteiger partial charge is 0.364 e. The van der Waals surface area contributed by atoms with Gasteiger partial charge in [0.1, 0.15) is 0 Å². The number of halogens is 1. The van der Waals surface area contributed by atoms with Gasteiger partial charge in [-0.2, -0.15) is 0 Å². The van der Waals surface area contributed by atoms with Crippen LogP contribution in [0.4, 0.5) is 11.5 Å². The third-order valence-corrected chi connectivity index (χ3v) is 3.71. The number of anilines is 1. The second-order valence-electron chi connectivity index (χ2n) is 4.76. The molecule has 2 aromatic rings. The monoisotopic (exact) mass is 289 g/mol. The van der Waals surface area contributed by atoms with Gasteiger partial charge in [-0.25, -0.2) is 4.98 Å². The smallest absolute Gasteiger partial charge is 0.312 e. The molecule has 1 unspecified atom stereocenters. The number of nitrogens with one attached hydrogen (secondary N) is 1. The van der Waals surface area contributed by atoms with Gasteiger partial charge in [-0.15, -0.1) is 0 Å². The fourth-order valence-corrected chi connectivity index (χ4v) is 2.62. The highest BCUT2D eigenvalue weighted by Gasteiger charge is 2.26. The van der Waals surface area contributed by atoms with Crippen molar-refractivity contribution in [3.05, 3.63) is 62.8 Å². The zero-order chi connectivity index (χ0) is 14.1. The van der Waals surface area contributed by atoms with Crippen molar-refractivity contribution in [2.24, 2.45) is 0 Å². The summed E-state index contributed by atoms with van der Waals surface area (Å²) in [6.07, 6.45) is 2.40. The number of benzene rings is 1. The molecule has 0 saturated heterocycles. The number of aromatic nitrogens is 1. The van der Waals surface area contributed by atoms with Crippen LogP contribution < -0.4 is 5.32 Å². The lowest BCUT2D eigenvalue weighted by molar-refractivity contribution is -0.384. The average Bonchev–Trinajstić information content (AvgIpc) is 2.41. The van der Waals surface area contributed by atoms with Gasteiger partial charge in [-0.05, 0) is 17.5 Å². The number of nitrogens with zero attached hydrogens (tertiary/aromatic N) is 2. The Balaban J connectivity index is 1.73. The summed E-state index contributed by atoms with van der Waals surface area (Å²) in [6.45, 7) is 0.631. The van der Waals surface area contributed by atoms with E-state index in [2.05, 4.69) is 22.4 Å². The standard InChI is InChI=1S/C14H12ClN3O2/c15-11-6-13(18(19)20)14(17-8-11)16-7-10-5-9-3-1-2-4-12(9)10/h1-4,6,8,10H,5,7H2,(H,16,17). The van der Waals surface area contributed by atoms with E-state index in [0.29, 0.717) is 12.5 Å². The lowest BCUT2D eigenvalue weighted by Gasteiger charge is -2.30. The molecular formula is C14H12ClN3O2. The summed E-state index contributed by atoms with van der Waals surface area (Å²) in [7, 11) is 0. The first kappa shape index (κ1) is 12.9. The highest BCUT2D eigenvalue weighted by Crippen LogP contribution is 2.35. The molecule has 6 heteroatoms. The molecule has 0 spiro atoms. The molecule has 1 aromatic carbocycles. The Hall–Kier alpha value is -2.14. The Bertz CT molecular complexity index is 675. The van der Waals surface area contributed by atoms with Crippen LogP contribution >= 0.6 is 11.6 Å². The van der Waals surface area contributed by atoms with Gasteiger partial charge in [0.25, 0.3) is 0 Å². The molecule has 1 aromatic heterocycles. The van der Waals surface area contributed by atoms with Gasteiger partial charge in [-0.3, -0.25) is 10.1 Å². The number of hydrogen-bond acceptors (Lipinski definition) is 4. The molecule has 0 aliphatic heterocycles. The predicted molar refractivity (Wildman–Crippen MR) is 77.3 cm³/mol. The van der Waals surface area contributed by atoms with E-state index in [9.17, 15) is 10.1 Å². The zero-order valence-corrected chi connectivity index (χ0v) is 11.3. The maximum absolute atomic E-state index is 11.0. The van der Waals surface area contributed by atoms with Crippen LogP contribution in [0.3, 0.4) is 0 Å². The highest BCUT2D eigenvalue weighted by molar-refractivity contribution is 6.30. The van der Waals surface area contributed by atoms with Gasteiger partial charge in [-0.1, -0.05) is 35.9 Å². The predicted octanol–water partition coefficient (Wildman–Crippen LogP) is 3.40. The van der Waals surface area contributed by atoms with Crippen LogP contribution in [-0.4, -0.2) is 16.5 Å². The van der Waals surface area contributed by atoms with Crippen LogP contribution in [0, 0.1) is 10.1 Å². The summed E-state index contributed by atoms with van der Waals surface area (Å²) in [5.41, 5.74) is 2.56. The Kier molecular flexibility index (Phi) is 3.28. The summed E-state index contributed by atoms with van der Waals surface area (Å²) >= 11 is 5.73. The van der Waals surface area contributed by atoms with Gasteiger partial charge in [0.15, 0.2) is 0 Å². The number of pyridine rings is 1. The Morgan fingerprint density at radius 2 is 2.25 bits per heavy atom. The molecule has 1 aliphatic carbocycles. The molecule has 0 fully saturated rings. The van der Waals surface area contributed by atoms with Gasteiger partial charge < -0.3 is 5.32 Å². The molecule has 1 aliphatic rings. The lowest BCUT2D eigenvalue weighted by atomic mass is 9.77. The normalized spacial score (nSPS) is 16.1. The van der Waals surface area contributed by atoms with Gasteiger partial charge in [0, 0.05) is 24.7 Å². The highest BCUT2D eigenvalue weighted by atomic mass is 35.5. The fraction of sp³-hybridized carbons (Fsp3) is 0.214. The molecule has 0 saturated carbocycles. The van der Waals surface area contributed by atoms with E-state index in [4.69, 9.17) is 11.6 Å². The first-order valence-corrected chi connectivity index (χ1v) is 6.64. The Morgan fingerprint density at radius 3 is 3.00 bits per heavy atom. The second-order valence-corrected chi connectivity index (χ2v) is 5.20. The maximum atomic E-state index is 11.0. The lowest BCUT2D eigenvalue weighted by Crippen LogP contribution is -2.24. The van der Waals surface area contributed by atoms with Crippen molar-refractivity contribution in [1.82, 2.24) is 4.98 Å². The van der Waals surface area contributed by atoms with Crippen molar-refractivity contribution >= 4 is 23.1 Å². The molecule has 0 amide bonds. The number of hydrogen-bond donors (Lipinski definition) is 1. The van der Waals surface area contributed by atoms with Crippen LogP contribution in [0.1, 0.15) is 17.0 Å². The molecule has 1 heterocycles. The van der Waals surface area contributed by atoms with Crippen molar-refractivity contribution in [2.45, 2.75) is 12.3 Å². The maximum Gasteiger partial charge on any atom is 0.312 e. The van der Waals surface area contributed by atoms with E-state index in [1.54, 1.807) is 0 Å². The van der Waals surface area contributed by atoms with Crippen molar-refractivity contribution in [3.63, 3.8) is 0 Å². The summed E-state index contributed by atoms with van der Waals surface area (Å²) < 4.78 is 0. The molecule has 3 rings (SSSR count). The van der Waals surface area contributed by atoms with E-state index in [-0.39, 0.29) is 16.5 Å². The van der Waals surface area contributed by atoms with E-state index in [1.807, 2.05) is 12.1 Å². The van der Waals surface area contributed by atoms with Crippen molar-refractivity contribution in [3.8, 4) is 0 Å². The van der Waals surface area contributed by atoms with Crippen molar-refractivity contribution < 1.29 is 4.92 Å². The molecule has 1 atom stereocenters.